The number of likely N-dealkylation sites (tertiary alicyclic amines) is 1. The van der Waals surface area contributed by atoms with Crippen LogP contribution in [0.5, 0.6) is 5.75 Å². The number of nitrogens with zero attached hydrogens (tertiary/aromatic N) is 1. The SMILES string of the molecule is COCCc1ccc(OCCCC(=O)N2CC3CCC(N)C3C2)cc1. The normalized spacial score (nSPS) is 25.2. The Bertz CT molecular complexity index is 561. The maximum absolute atomic E-state index is 12.4. The van der Waals surface area contributed by atoms with Crippen molar-refractivity contribution in [3.05, 3.63) is 29.8 Å². The van der Waals surface area contributed by atoms with Gasteiger partial charge in [0.05, 0.1) is 13.2 Å². The van der Waals surface area contributed by atoms with Gasteiger partial charge >= 0.3 is 0 Å². The number of methoxy groups -OCH3 is 1. The number of benzene rings is 1. The quantitative estimate of drug-likeness (QED) is 0.733. The summed E-state index contributed by atoms with van der Waals surface area (Å²) in [5.41, 5.74) is 7.38. The Labute approximate surface area is 150 Å². The molecule has 5 heteroatoms. The van der Waals surface area contributed by atoms with Crippen molar-refractivity contribution in [1.82, 2.24) is 4.90 Å². The Kier molecular flexibility index (Phi) is 6.32. The number of amides is 1. The van der Waals surface area contributed by atoms with Crippen LogP contribution in [0.1, 0.15) is 31.2 Å². The van der Waals surface area contributed by atoms with Crippen LogP contribution in [0.4, 0.5) is 0 Å². The highest BCUT2D eigenvalue weighted by Gasteiger charge is 2.42. The second-order valence-electron chi connectivity index (χ2n) is 7.30. The number of hydrogen-bond donors (Lipinski definition) is 1. The van der Waals surface area contributed by atoms with Crippen molar-refractivity contribution in [3.63, 3.8) is 0 Å². The van der Waals surface area contributed by atoms with E-state index in [1.807, 2.05) is 17.0 Å². The van der Waals surface area contributed by atoms with Crippen LogP contribution in [0.15, 0.2) is 24.3 Å². The molecule has 0 radical (unpaired) electrons. The third-order valence-electron chi connectivity index (χ3n) is 5.59. The van der Waals surface area contributed by atoms with Crippen molar-refractivity contribution < 1.29 is 14.3 Å². The number of rotatable bonds is 8. The number of nitrogens with two attached hydrogens (primary N) is 1. The van der Waals surface area contributed by atoms with E-state index in [0.717, 1.165) is 44.7 Å². The van der Waals surface area contributed by atoms with Crippen LogP contribution in [0.2, 0.25) is 0 Å². The predicted molar refractivity (Wildman–Crippen MR) is 97.5 cm³/mol. The monoisotopic (exact) mass is 346 g/mol. The first-order valence-electron chi connectivity index (χ1n) is 9.41. The molecule has 0 aromatic heterocycles. The van der Waals surface area contributed by atoms with Crippen LogP contribution in [-0.2, 0) is 16.0 Å². The number of fused-ring (bicyclic) bond motifs is 1. The maximum Gasteiger partial charge on any atom is 0.222 e. The van der Waals surface area contributed by atoms with E-state index in [9.17, 15) is 4.79 Å². The zero-order valence-corrected chi connectivity index (χ0v) is 15.2. The molecular formula is C20H30N2O3. The summed E-state index contributed by atoms with van der Waals surface area (Å²) in [4.78, 5) is 14.4. The number of hydrogen-bond acceptors (Lipinski definition) is 4. The van der Waals surface area contributed by atoms with Gasteiger partial charge in [-0.1, -0.05) is 12.1 Å². The summed E-state index contributed by atoms with van der Waals surface area (Å²) in [6.45, 7) is 3.06. The fourth-order valence-electron chi connectivity index (χ4n) is 4.05. The molecule has 1 saturated heterocycles. The van der Waals surface area contributed by atoms with Gasteiger partial charge in [-0.05, 0) is 55.2 Å². The highest BCUT2D eigenvalue weighted by atomic mass is 16.5. The van der Waals surface area contributed by atoms with Crippen LogP contribution in [0.25, 0.3) is 0 Å². The van der Waals surface area contributed by atoms with Gasteiger partial charge in [-0.25, -0.2) is 0 Å². The Balaban J connectivity index is 1.34. The first-order chi connectivity index (χ1) is 12.2. The van der Waals surface area contributed by atoms with Crippen LogP contribution in [0, 0.1) is 11.8 Å². The highest BCUT2D eigenvalue weighted by molar-refractivity contribution is 5.76. The molecule has 0 bridgehead atoms. The van der Waals surface area contributed by atoms with E-state index < -0.39 is 0 Å². The zero-order chi connectivity index (χ0) is 17.6. The molecule has 1 aromatic carbocycles. The molecule has 0 spiro atoms. The van der Waals surface area contributed by atoms with Gasteiger partial charge in [0.15, 0.2) is 0 Å². The van der Waals surface area contributed by atoms with E-state index in [2.05, 4.69) is 12.1 Å². The van der Waals surface area contributed by atoms with Gasteiger partial charge in [0, 0.05) is 32.7 Å². The van der Waals surface area contributed by atoms with Gasteiger partial charge in [0.2, 0.25) is 5.91 Å². The summed E-state index contributed by atoms with van der Waals surface area (Å²) in [5, 5.41) is 0. The maximum atomic E-state index is 12.4. The lowest BCUT2D eigenvalue weighted by molar-refractivity contribution is -0.130. The molecule has 1 heterocycles. The van der Waals surface area contributed by atoms with Crippen molar-refractivity contribution >= 4 is 5.91 Å². The molecule has 1 aliphatic carbocycles. The Morgan fingerprint density at radius 1 is 1.20 bits per heavy atom. The molecule has 1 amide bonds. The van der Waals surface area contributed by atoms with Crippen LogP contribution < -0.4 is 10.5 Å². The minimum atomic E-state index is 0.250. The average molecular weight is 346 g/mol. The molecule has 1 aliphatic heterocycles. The molecule has 3 unspecified atom stereocenters. The van der Waals surface area contributed by atoms with E-state index in [-0.39, 0.29) is 11.9 Å². The Hall–Kier alpha value is -1.59. The molecular weight excluding hydrogens is 316 g/mol. The summed E-state index contributed by atoms with van der Waals surface area (Å²) >= 11 is 0. The molecule has 1 saturated carbocycles. The molecule has 5 nitrogen and oxygen atoms in total. The molecule has 2 N–H and O–H groups in total. The molecule has 3 atom stereocenters. The lowest BCUT2D eigenvalue weighted by Crippen LogP contribution is -2.33. The predicted octanol–water partition coefficient (Wildman–Crippen LogP) is 2.23. The van der Waals surface area contributed by atoms with Gasteiger partial charge < -0.3 is 20.1 Å². The summed E-state index contributed by atoms with van der Waals surface area (Å²) in [7, 11) is 1.71. The third kappa shape index (κ3) is 4.73. The molecule has 138 valence electrons. The van der Waals surface area contributed by atoms with Gasteiger partial charge in [-0.15, -0.1) is 0 Å². The van der Waals surface area contributed by atoms with Crippen molar-refractivity contribution in [3.8, 4) is 5.75 Å². The Morgan fingerprint density at radius 2 is 2.00 bits per heavy atom. The van der Waals surface area contributed by atoms with Gasteiger partial charge in [-0.3, -0.25) is 4.79 Å². The van der Waals surface area contributed by atoms with Gasteiger partial charge in [0.25, 0.3) is 0 Å². The summed E-state index contributed by atoms with van der Waals surface area (Å²) in [6.07, 6.45) is 4.52. The smallest absolute Gasteiger partial charge is 0.222 e. The van der Waals surface area contributed by atoms with Crippen molar-refractivity contribution in [2.45, 2.75) is 38.1 Å². The highest BCUT2D eigenvalue weighted by Crippen LogP contribution is 2.37. The van der Waals surface area contributed by atoms with Crippen molar-refractivity contribution in [2.24, 2.45) is 17.6 Å². The van der Waals surface area contributed by atoms with Crippen LogP contribution in [0.3, 0.4) is 0 Å². The van der Waals surface area contributed by atoms with E-state index in [4.69, 9.17) is 15.2 Å². The van der Waals surface area contributed by atoms with E-state index in [0.29, 0.717) is 24.9 Å². The van der Waals surface area contributed by atoms with E-state index in [1.165, 1.54) is 12.0 Å². The minimum absolute atomic E-state index is 0.250. The van der Waals surface area contributed by atoms with Crippen LogP contribution >= 0.6 is 0 Å². The zero-order valence-electron chi connectivity index (χ0n) is 15.2. The minimum Gasteiger partial charge on any atom is -0.494 e. The second kappa shape index (κ2) is 8.68. The fraction of sp³-hybridized carbons (Fsp3) is 0.650. The summed E-state index contributed by atoms with van der Waals surface area (Å²) < 4.78 is 10.8. The summed E-state index contributed by atoms with van der Waals surface area (Å²) in [6, 6.07) is 8.38. The second-order valence-corrected chi connectivity index (χ2v) is 7.30. The van der Waals surface area contributed by atoms with Gasteiger partial charge in [0.1, 0.15) is 5.75 Å². The summed E-state index contributed by atoms with van der Waals surface area (Å²) in [5.74, 6) is 2.26. The first-order valence-corrected chi connectivity index (χ1v) is 9.41. The number of carbonyl (C=O) groups is 1. The number of carbonyl (C=O) groups excluding carboxylic acids is 1. The van der Waals surface area contributed by atoms with E-state index in [1.54, 1.807) is 7.11 Å². The Morgan fingerprint density at radius 3 is 2.72 bits per heavy atom. The van der Waals surface area contributed by atoms with Gasteiger partial charge in [-0.2, -0.15) is 0 Å². The lowest BCUT2D eigenvalue weighted by Gasteiger charge is -2.18. The molecule has 25 heavy (non-hydrogen) atoms. The molecule has 2 fully saturated rings. The van der Waals surface area contributed by atoms with Crippen molar-refractivity contribution in [1.29, 1.82) is 0 Å². The van der Waals surface area contributed by atoms with E-state index >= 15 is 0 Å². The fourth-order valence-corrected chi connectivity index (χ4v) is 4.05. The molecule has 1 aromatic rings. The average Bonchev–Trinajstić information content (AvgIpc) is 3.20. The van der Waals surface area contributed by atoms with Crippen molar-refractivity contribution in [2.75, 3.05) is 33.4 Å². The standard InChI is InChI=1S/C20H30N2O3/c1-24-12-10-15-4-7-17(8-5-15)25-11-2-3-20(23)22-13-16-6-9-19(21)18(16)14-22/h4-5,7-8,16,18-19H,2-3,6,9-14,21H2,1H3. The molecule has 3 rings (SSSR count). The third-order valence-corrected chi connectivity index (χ3v) is 5.59. The topological polar surface area (TPSA) is 64.8 Å². The molecule has 2 aliphatic rings. The largest absolute Gasteiger partial charge is 0.494 e. The first kappa shape index (κ1) is 18.2. The lowest BCUT2D eigenvalue weighted by atomic mass is 9.98. The van der Waals surface area contributed by atoms with Crippen LogP contribution in [-0.4, -0.2) is 50.3 Å². The number of ether oxygens (including phenoxy) is 2.